The fourth-order valence-electron chi connectivity index (χ4n) is 1.09. The van der Waals surface area contributed by atoms with Crippen LogP contribution in [0.5, 0.6) is 11.8 Å². The minimum Gasteiger partial charge on any atom is -0.494 e. The molecule has 0 fully saturated rings. The number of rotatable bonds is 1. The van der Waals surface area contributed by atoms with Crippen LogP contribution in [0.3, 0.4) is 0 Å². The molecule has 3 N–H and O–H groups in total. The average Bonchev–Trinajstić information content (AvgIpc) is 2.30. The van der Waals surface area contributed by atoms with E-state index in [0.717, 1.165) is 4.57 Å². The van der Waals surface area contributed by atoms with Crippen molar-refractivity contribution in [1.82, 2.24) is 4.57 Å². The minimum absolute atomic E-state index is 0.106. The van der Waals surface area contributed by atoms with Crippen LogP contribution in [0.2, 0.25) is 0 Å². The Balaban J connectivity index is 2.74. The highest BCUT2D eigenvalue weighted by Crippen LogP contribution is 2.30. The van der Waals surface area contributed by atoms with Crippen LogP contribution in [0.4, 0.5) is 10.5 Å². The van der Waals surface area contributed by atoms with Crippen LogP contribution in [0, 0.1) is 0 Å². The summed E-state index contributed by atoms with van der Waals surface area (Å²) in [7, 11) is 1.46. The Morgan fingerprint density at radius 2 is 2.00 bits per heavy atom. The molecule has 0 bridgehead atoms. The van der Waals surface area contributed by atoms with Gasteiger partial charge in [-0.15, -0.1) is 0 Å². The first kappa shape index (κ1) is 12.2. The minimum atomic E-state index is -0.687. The zero-order valence-electron chi connectivity index (χ0n) is 9.74. The maximum atomic E-state index is 11.4. The van der Waals surface area contributed by atoms with Crippen molar-refractivity contribution >= 4 is 11.8 Å². The summed E-state index contributed by atoms with van der Waals surface area (Å²) in [5.41, 5.74) is -0.509. The summed E-state index contributed by atoms with van der Waals surface area (Å²) in [6.45, 7) is 5.19. The standard InChI is InChI=1S/C10H16N2O4/c1-10(2,3)16-9(15)11-6-5-7(13)12(4)8(6)14/h5,13-14H,1-4H3,(H,11,15). The molecule has 0 unspecified atom stereocenters. The quantitative estimate of drug-likeness (QED) is 0.684. The predicted molar refractivity (Wildman–Crippen MR) is 58.6 cm³/mol. The van der Waals surface area contributed by atoms with E-state index in [1.54, 1.807) is 20.8 Å². The summed E-state index contributed by atoms with van der Waals surface area (Å²) in [4.78, 5) is 11.4. The van der Waals surface area contributed by atoms with E-state index >= 15 is 0 Å². The zero-order valence-corrected chi connectivity index (χ0v) is 9.74. The Morgan fingerprint density at radius 1 is 1.44 bits per heavy atom. The van der Waals surface area contributed by atoms with E-state index in [4.69, 9.17) is 4.74 Å². The van der Waals surface area contributed by atoms with Gasteiger partial charge in [0.15, 0.2) is 5.88 Å². The van der Waals surface area contributed by atoms with Crippen molar-refractivity contribution in [2.45, 2.75) is 26.4 Å². The second-order valence-electron chi connectivity index (χ2n) is 4.43. The lowest BCUT2D eigenvalue weighted by Gasteiger charge is -2.19. The molecular weight excluding hydrogens is 212 g/mol. The molecule has 1 amide bonds. The molecule has 0 saturated carbocycles. The second-order valence-corrected chi connectivity index (χ2v) is 4.43. The molecule has 1 aromatic rings. The van der Waals surface area contributed by atoms with Gasteiger partial charge in [-0.1, -0.05) is 0 Å². The number of carbonyl (C=O) groups excluding carboxylic acids is 1. The maximum Gasteiger partial charge on any atom is 0.412 e. The summed E-state index contributed by atoms with van der Waals surface area (Å²) in [5, 5.41) is 21.1. The Labute approximate surface area is 93.5 Å². The summed E-state index contributed by atoms with van der Waals surface area (Å²) in [5.74, 6) is -0.382. The first-order valence-corrected chi connectivity index (χ1v) is 4.78. The van der Waals surface area contributed by atoms with Crippen LogP contribution >= 0.6 is 0 Å². The third-order valence-corrected chi connectivity index (χ3v) is 1.81. The molecule has 1 rings (SSSR count). The van der Waals surface area contributed by atoms with E-state index < -0.39 is 11.7 Å². The van der Waals surface area contributed by atoms with Crippen LogP contribution in [-0.2, 0) is 11.8 Å². The Morgan fingerprint density at radius 3 is 2.38 bits per heavy atom. The van der Waals surface area contributed by atoms with Gasteiger partial charge in [0, 0.05) is 13.1 Å². The molecule has 6 heteroatoms. The fraction of sp³-hybridized carbons (Fsp3) is 0.500. The SMILES string of the molecule is Cn1c(O)cc(NC(=O)OC(C)(C)C)c1O. The molecule has 0 spiro atoms. The smallest absolute Gasteiger partial charge is 0.412 e. The van der Waals surface area contributed by atoms with Crippen molar-refractivity contribution in [2.24, 2.45) is 7.05 Å². The molecule has 0 aliphatic heterocycles. The second kappa shape index (κ2) is 3.96. The number of aromatic nitrogens is 1. The van der Waals surface area contributed by atoms with Gasteiger partial charge in [-0.3, -0.25) is 9.88 Å². The lowest BCUT2D eigenvalue weighted by atomic mass is 10.2. The Bertz CT molecular complexity index is 404. The number of hydrogen-bond donors (Lipinski definition) is 3. The molecule has 1 aromatic heterocycles. The molecule has 16 heavy (non-hydrogen) atoms. The van der Waals surface area contributed by atoms with Crippen molar-refractivity contribution < 1.29 is 19.7 Å². The van der Waals surface area contributed by atoms with E-state index in [2.05, 4.69) is 5.32 Å². The molecule has 1 heterocycles. The van der Waals surface area contributed by atoms with Crippen LogP contribution in [0.1, 0.15) is 20.8 Å². The van der Waals surface area contributed by atoms with Gasteiger partial charge >= 0.3 is 6.09 Å². The van der Waals surface area contributed by atoms with E-state index in [1.165, 1.54) is 13.1 Å². The Hall–Kier alpha value is -1.85. The first-order valence-electron chi connectivity index (χ1n) is 4.78. The summed E-state index contributed by atoms with van der Waals surface area (Å²) in [6.07, 6.45) is -0.687. The molecule has 0 radical (unpaired) electrons. The molecule has 0 saturated heterocycles. The number of ether oxygens (including phenoxy) is 1. The highest BCUT2D eigenvalue weighted by atomic mass is 16.6. The maximum absolute atomic E-state index is 11.4. The molecule has 0 aliphatic rings. The lowest BCUT2D eigenvalue weighted by Crippen LogP contribution is -2.27. The van der Waals surface area contributed by atoms with Gasteiger partial charge in [0.1, 0.15) is 11.3 Å². The molecule has 6 nitrogen and oxygen atoms in total. The van der Waals surface area contributed by atoms with E-state index in [0.29, 0.717) is 0 Å². The summed E-state index contributed by atoms with van der Waals surface area (Å²) in [6, 6.07) is 1.24. The van der Waals surface area contributed by atoms with E-state index in [1.807, 2.05) is 0 Å². The number of nitrogens with one attached hydrogen (secondary N) is 1. The van der Waals surface area contributed by atoms with Crippen molar-refractivity contribution in [3.63, 3.8) is 0 Å². The lowest BCUT2D eigenvalue weighted by molar-refractivity contribution is 0.0635. The van der Waals surface area contributed by atoms with Crippen molar-refractivity contribution in [3.8, 4) is 11.8 Å². The normalized spacial score (nSPS) is 11.2. The predicted octanol–water partition coefficient (Wildman–Crippen LogP) is 1.78. The van der Waals surface area contributed by atoms with Gasteiger partial charge in [-0.05, 0) is 20.8 Å². The summed E-state index contributed by atoms with van der Waals surface area (Å²) < 4.78 is 6.13. The van der Waals surface area contributed by atoms with Gasteiger partial charge in [-0.2, -0.15) is 0 Å². The van der Waals surface area contributed by atoms with E-state index in [9.17, 15) is 15.0 Å². The van der Waals surface area contributed by atoms with Crippen LogP contribution in [0.15, 0.2) is 6.07 Å². The average molecular weight is 228 g/mol. The number of nitrogens with zero attached hydrogens (tertiary/aromatic N) is 1. The van der Waals surface area contributed by atoms with Gasteiger partial charge in [0.25, 0.3) is 0 Å². The van der Waals surface area contributed by atoms with Crippen LogP contribution in [-0.4, -0.2) is 26.5 Å². The highest BCUT2D eigenvalue weighted by molar-refractivity contribution is 5.87. The third kappa shape index (κ3) is 2.82. The largest absolute Gasteiger partial charge is 0.494 e. The number of amides is 1. The summed E-state index contributed by atoms with van der Waals surface area (Å²) >= 11 is 0. The molecular formula is C10H16N2O4. The third-order valence-electron chi connectivity index (χ3n) is 1.81. The topological polar surface area (TPSA) is 83.7 Å². The molecule has 0 aliphatic carbocycles. The van der Waals surface area contributed by atoms with Gasteiger partial charge in [-0.25, -0.2) is 4.79 Å². The Kier molecular flexibility index (Phi) is 3.02. The van der Waals surface area contributed by atoms with Gasteiger partial charge < -0.3 is 14.9 Å². The van der Waals surface area contributed by atoms with Crippen LogP contribution < -0.4 is 5.32 Å². The number of carbonyl (C=O) groups is 1. The van der Waals surface area contributed by atoms with Gasteiger partial charge in [0.05, 0.1) is 0 Å². The number of anilines is 1. The molecule has 0 atom stereocenters. The first-order chi connectivity index (χ1) is 7.20. The zero-order chi connectivity index (χ0) is 12.5. The van der Waals surface area contributed by atoms with Crippen LogP contribution in [0.25, 0.3) is 0 Å². The number of aromatic hydroxyl groups is 2. The van der Waals surface area contributed by atoms with Crippen molar-refractivity contribution in [2.75, 3.05) is 5.32 Å². The monoisotopic (exact) mass is 228 g/mol. The highest BCUT2D eigenvalue weighted by Gasteiger charge is 2.19. The van der Waals surface area contributed by atoms with E-state index in [-0.39, 0.29) is 17.4 Å². The molecule has 90 valence electrons. The number of hydrogen-bond acceptors (Lipinski definition) is 4. The fourth-order valence-corrected chi connectivity index (χ4v) is 1.09. The molecule has 0 aromatic carbocycles. The van der Waals surface area contributed by atoms with Crippen molar-refractivity contribution in [3.05, 3.63) is 6.07 Å². The van der Waals surface area contributed by atoms with Crippen molar-refractivity contribution in [1.29, 1.82) is 0 Å². The van der Waals surface area contributed by atoms with Gasteiger partial charge in [0.2, 0.25) is 5.88 Å².